The van der Waals surface area contributed by atoms with E-state index in [2.05, 4.69) is 15.6 Å². The zero-order valence-corrected chi connectivity index (χ0v) is 19.9. The Balaban J connectivity index is 1.93. The van der Waals surface area contributed by atoms with Crippen molar-refractivity contribution < 1.29 is 18.7 Å². The van der Waals surface area contributed by atoms with Crippen molar-refractivity contribution in [2.24, 2.45) is 0 Å². The van der Waals surface area contributed by atoms with Crippen molar-refractivity contribution in [2.75, 3.05) is 24.4 Å². The number of hydrogen-bond donors (Lipinski definition) is 2. The molecule has 0 unspecified atom stereocenters. The lowest BCUT2D eigenvalue weighted by atomic mass is 10.2. The number of carbonyl (C=O) groups is 1. The van der Waals surface area contributed by atoms with E-state index in [4.69, 9.17) is 21.1 Å². The second-order valence-electron chi connectivity index (χ2n) is 7.77. The molecule has 0 aliphatic carbocycles. The molecule has 0 atom stereocenters. The molecule has 2 N–H and O–H groups in total. The van der Waals surface area contributed by atoms with Crippen LogP contribution in [0.1, 0.15) is 25.8 Å². The van der Waals surface area contributed by atoms with E-state index in [1.54, 1.807) is 36.6 Å². The average molecular weight is 489 g/mol. The van der Waals surface area contributed by atoms with Gasteiger partial charge in [-0.05, 0) is 43.7 Å². The molecule has 180 valence electrons. The Morgan fingerprint density at radius 3 is 2.59 bits per heavy atom. The third-order valence-electron chi connectivity index (χ3n) is 4.62. The number of benzene rings is 2. The number of nitrogens with zero attached hydrogens (tertiary/aromatic N) is 2. The van der Waals surface area contributed by atoms with Gasteiger partial charge >= 0.3 is 0 Å². The zero-order valence-electron chi connectivity index (χ0n) is 19.1. The summed E-state index contributed by atoms with van der Waals surface area (Å²) in [5.41, 5.74) is 0.636. The SMILES string of the molecule is COCCC(=O)Nc1cn(Cc2ccc(Cl)cc2)c(Nc2ccc(OC(C)C)c(F)c2)nc1=O. The molecular formula is C24H26ClFN4O4. The highest BCUT2D eigenvalue weighted by molar-refractivity contribution is 6.30. The molecule has 0 bridgehead atoms. The van der Waals surface area contributed by atoms with Gasteiger partial charge in [-0.1, -0.05) is 23.7 Å². The molecule has 3 rings (SSSR count). The highest BCUT2D eigenvalue weighted by Gasteiger charge is 2.14. The number of amides is 1. The fraction of sp³-hybridized carbons (Fsp3) is 0.292. The van der Waals surface area contributed by atoms with Gasteiger partial charge in [-0.2, -0.15) is 4.98 Å². The lowest BCUT2D eigenvalue weighted by molar-refractivity contribution is -0.117. The Morgan fingerprint density at radius 1 is 1.21 bits per heavy atom. The number of anilines is 3. The zero-order chi connectivity index (χ0) is 24.7. The summed E-state index contributed by atoms with van der Waals surface area (Å²) in [7, 11) is 1.48. The van der Waals surface area contributed by atoms with E-state index in [1.165, 1.54) is 25.4 Å². The second kappa shape index (κ2) is 11.6. The molecule has 0 aliphatic heterocycles. The van der Waals surface area contributed by atoms with Crippen molar-refractivity contribution >= 4 is 34.8 Å². The third kappa shape index (κ3) is 7.03. The minimum atomic E-state index is -0.638. The molecule has 0 spiro atoms. The molecular weight excluding hydrogens is 463 g/mol. The van der Waals surface area contributed by atoms with Gasteiger partial charge < -0.3 is 24.7 Å². The van der Waals surface area contributed by atoms with Crippen LogP contribution in [0.4, 0.5) is 21.7 Å². The Hall–Kier alpha value is -3.43. The molecule has 34 heavy (non-hydrogen) atoms. The lowest BCUT2D eigenvalue weighted by Gasteiger charge is -2.17. The molecule has 2 aromatic carbocycles. The molecule has 8 nitrogen and oxygen atoms in total. The summed E-state index contributed by atoms with van der Waals surface area (Å²) in [6.07, 6.45) is 1.41. The van der Waals surface area contributed by atoms with E-state index in [9.17, 15) is 14.0 Å². The van der Waals surface area contributed by atoms with Crippen LogP contribution in [0.2, 0.25) is 5.02 Å². The van der Waals surface area contributed by atoms with Gasteiger partial charge in [0.25, 0.3) is 5.56 Å². The number of ether oxygens (including phenoxy) is 2. The Kier molecular flexibility index (Phi) is 8.61. The topological polar surface area (TPSA) is 94.5 Å². The average Bonchev–Trinajstić information content (AvgIpc) is 2.78. The molecule has 1 aromatic heterocycles. The largest absolute Gasteiger partial charge is 0.488 e. The minimum absolute atomic E-state index is 0.0208. The van der Waals surface area contributed by atoms with Gasteiger partial charge in [0.05, 0.1) is 25.7 Å². The van der Waals surface area contributed by atoms with Gasteiger partial charge in [0.1, 0.15) is 5.69 Å². The summed E-state index contributed by atoms with van der Waals surface area (Å²) in [4.78, 5) is 28.8. The number of carbonyl (C=O) groups excluding carboxylic acids is 1. The first-order chi connectivity index (χ1) is 16.2. The number of nitrogens with one attached hydrogen (secondary N) is 2. The maximum absolute atomic E-state index is 14.5. The van der Waals surface area contributed by atoms with Crippen LogP contribution in [-0.2, 0) is 16.1 Å². The molecule has 0 radical (unpaired) electrons. The molecule has 1 heterocycles. The summed E-state index contributed by atoms with van der Waals surface area (Å²) >= 11 is 5.98. The first kappa shape index (κ1) is 25.2. The standard InChI is InChI=1S/C24H26ClFN4O4/c1-15(2)34-21-9-8-18(12-19(21)26)27-24-29-23(32)20(28-22(31)10-11-33-3)14-30(24)13-16-4-6-17(25)7-5-16/h4-9,12,14-15H,10-11,13H2,1-3H3,(H,28,31)(H,27,29,32). The molecule has 0 fully saturated rings. The number of methoxy groups -OCH3 is 1. The van der Waals surface area contributed by atoms with Crippen LogP contribution >= 0.6 is 11.6 Å². The van der Waals surface area contributed by atoms with Crippen molar-refractivity contribution in [3.63, 3.8) is 0 Å². The van der Waals surface area contributed by atoms with Crippen LogP contribution in [0.5, 0.6) is 5.75 Å². The van der Waals surface area contributed by atoms with Gasteiger partial charge in [0.2, 0.25) is 11.9 Å². The van der Waals surface area contributed by atoms with Gasteiger partial charge in [-0.15, -0.1) is 0 Å². The van der Waals surface area contributed by atoms with E-state index in [1.807, 2.05) is 12.1 Å². The summed E-state index contributed by atoms with van der Waals surface area (Å²) in [6, 6.07) is 11.5. The highest BCUT2D eigenvalue weighted by Crippen LogP contribution is 2.24. The van der Waals surface area contributed by atoms with Crippen LogP contribution in [-0.4, -0.2) is 35.3 Å². The Labute approximate surface area is 201 Å². The molecule has 0 saturated carbocycles. The third-order valence-corrected chi connectivity index (χ3v) is 4.87. The van der Waals surface area contributed by atoms with Crippen LogP contribution in [0, 0.1) is 5.82 Å². The number of rotatable bonds is 10. The number of halogens is 2. The monoisotopic (exact) mass is 488 g/mol. The van der Waals surface area contributed by atoms with E-state index in [0.29, 0.717) is 17.3 Å². The summed E-state index contributed by atoms with van der Waals surface area (Å²) in [6.45, 7) is 4.14. The highest BCUT2D eigenvalue weighted by atomic mass is 35.5. The van der Waals surface area contributed by atoms with Crippen molar-refractivity contribution in [3.8, 4) is 5.75 Å². The maximum Gasteiger partial charge on any atom is 0.298 e. The van der Waals surface area contributed by atoms with Crippen LogP contribution in [0.3, 0.4) is 0 Å². The number of hydrogen-bond acceptors (Lipinski definition) is 6. The number of aromatic nitrogens is 2. The van der Waals surface area contributed by atoms with Crippen LogP contribution < -0.4 is 20.9 Å². The fourth-order valence-electron chi connectivity index (χ4n) is 3.05. The van der Waals surface area contributed by atoms with Crippen LogP contribution in [0.15, 0.2) is 53.5 Å². The van der Waals surface area contributed by atoms with Gasteiger partial charge in [0.15, 0.2) is 11.6 Å². The summed E-state index contributed by atoms with van der Waals surface area (Å²) in [5, 5.41) is 6.13. The second-order valence-corrected chi connectivity index (χ2v) is 8.20. The fourth-order valence-corrected chi connectivity index (χ4v) is 3.18. The van der Waals surface area contributed by atoms with Gasteiger partial charge in [-0.3, -0.25) is 9.59 Å². The molecule has 1 amide bonds. The van der Waals surface area contributed by atoms with E-state index >= 15 is 0 Å². The lowest BCUT2D eigenvalue weighted by Crippen LogP contribution is -2.24. The van der Waals surface area contributed by atoms with Gasteiger partial charge in [-0.25, -0.2) is 4.39 Å². The molecule has 0 aliphatic rings. The van der Waals surface area contributed by atoms with Crippen molar-refractivity contribution in [3.05, 3.63) is 75.4 Å². The van der Waals surface area contributed by atoms with Crippen molar-refractivity contribution in [2.45, 2.75) is 32.9 Å². The van der Waals surface area contributed by atoms with E-state index in [0.717, 1.165) is 5.56 Å². The van der Waals surface area contributed by atoms with Crippen molar-refractivity contribution in [1.82, 2.24) is 9.55 Å². The van der Waals surface area contributed by atoms with E-state index < -0.39 is 11.4 Å². The Morgan fingerprint density at radius 2 is 1.94 bits per heavy atom. The Bertz CT molecular complexity index is 1200. The van der Waals surface area contributed by atoms with Crippen molar-refractivity contribution in [1.29, 1.82) is 0 Å². The maximum atomic E-state index is 14.5. The quantitative estimate of drug-likeness (QED) is 0.433. The minimum Gasteiger partial charge on any atom is -0.488 e. The predicted octanol–water partition coefficient (Wildman–Crippen LogP) is 4.59. The first-order valence-corrected chi connectivity index (χ1v) is 11.0. The van der Waals surface area contributed by atoms with Gasteiger partial charge in [0, 0.05) is 30.1 Å². The molecule has 0 saturated heterocycles. The molecule has 10 heteroatoms. The smallest absolute Gasteiger partial charge is 0.298 e. The summed E-state index contributed by atoms with van der Waals surface area (Å²) in [5.74, 6) is -0.623. The first-order valence-electron chi connectivity index (χ1n) is 10.6. The van der Waals surface area contributed by atoms with E-state index in [-0.39, 0.29) is 42.4 Å². The van der Waals surface area contributed by atoms with Crippen LogP contribution in [0.25, 0.3) is 0 Å². The summed E-state index contributed by atoms with van der Waals surface area (Å²) < 4.78 is 26.4. The molecule has 3 aromatic rings. The normalized spacial score (nSPS) is 10.9. The predicted molar refractivity (Wildman–Crippen MR) is 130 cm³/mol.